The van der Waals surface area contributed by atoms with Crippen molar-refractivity contribution in [2.75, 3.05) is 20.2 Å². The molecule has 1 fully saturated rings. The molecule has 2 aromatic carbocycles. The Balaban J connectivity index is 1.43. The maximum Gasteiger partial charge on any atom is 0.254 e. The van der Waals surface area contributed by atoms with Crippen molar-refractivity contribution in [2.24, 2.45) is 0 Å². The van der Waals surface area contributed by atoms with E-state index in [-0.39, 0.29) is 30.4 Å². The van der Waals surface area contributed by atoms with Crippen molar-refractivity contribution in [1.82, 2.24) is 9.80 Å². The summed E-state index contributed by atoms with van der Waals surface area (Å²) >= 11 is 1.76. The summed E-state index contributed by atoms with van der Waals surface area (Å²) in [5.41, 5.74) is 4.10. The number of amides is 2. The molecule has 1 atom stereocenters. The van der Waals surface area contributed by atoms with Crippen molar-refractivity contribution in [3.63, 3.8) is 0 Å². The molecule has 2 aliphatic rings. The number of nitrogens with zero attached hydrogens (tertiary/aromatic N) is 2. The van der Waals surface area contributed by atoms with E-state index in [2.05, 4.69) is 30.5 Å². The highest BCUT2D eigenvalue weighted by atomic mass is 32.1. The molecule has 33 heavy (non-hydrogen) atoms. The van der Waals surface area contributed by atoms with Crippen LogP contribution >= 0.6 is 11.3 Å². The number of hydrogen-bond donors (Lipinski definition) is 0. The monoisotopic (exact) mass is 460 g/mol. The second kappa shape index (κ2) is 9.02. The third-order valence-electron chi connectivity index (χ3n) is 6.64. The molecule has 3 aromatic rings. The van der Waals surface area contributed by atoms with Crippen molar-refractivity contribution in [3.05, 3.63) is 87.1 Å². The van der Waals surface area contributed by atoms with E-state index in [1.54, 1.807) is 35.5 Å². The summed E-state index contributed by atoms with van der Waals surface area (Å²) < 4.78 is 5.29. The molecule has 0 saturated heterocycles. The van der Waals surface area contributed by atoms with Gasteiger partial charge in [0.25, 0.3) is 5.91 Å². The molecule has 5 rings (SSSR count). The molecule has 1 aliphatic heterocycles. The van der Waals surface area contributed by atoms with Gasteiger partial charge in [-0.2, -0.15) is 0 Å². The van der Waals surface area contributed by atoms with Crippen molar-refractivity contribution in [3.8, 4) is 5.75 Å². The van der Waals surface area contributed by atoms with Crippen LogP contribution in [0.15, 0.2) is 60.0 Å². The fraction of sp³-hybridized carbons (Fsp3) is 0.333. The molecular formula is C27H28N2O3S. The highest BCUT2D eigenvalue weighted by molar-refractivity contribution is 7.10. The Kier molecular flexibility index (Phi) is 5.94. The van der Waals surface area contributed by atoms with E-state index in [9.17, 15) is 9.59 Å². The molecule has 1 aliphatic carbocycles. The highest BCUT2D eigenvalue weighted by Crippen LogP contribution is 2.39. The van der Waals surface area contributed by atoms with Gasteiger partial charge in [-0.05, 0) is 72.5 Å². The summed E-state index contributed by atoms with van der Waals surface area (Å²) in [6.07, 6.45) is 2.74. The molecule has 0 spiro atoms. The summed E-state index contributed by atoms with van der Waals surface area (Å²) in [7, 11) is 1.59. The van der Waals surface area contributed by atoms with Crippen LogP contribution < -0.4 is 4.74 Å². The zero-order valence-electron chi connectivity index (χ0n) is 19.0. The minimum atomic E-state index is -0.110. The van der Waals surface area contributed by atoms with Crippen molar-refractivity contribution in [1.29, 1.82) is 0 Å². The average Bonchev–Trinajstić information content (AvgIpc) is 3.57. The Bertz CT molecular complexity index is 1180. The normalized spacial score (nSPS) is 17.4. The molecule has 5 nitrogen and oxygen atoms in total. The lowest BCUT2D eigenvalue weighted by atomic mass is 9.90. The van der Waals surface area contributed by atoms with Gasteiger partial charge >= 0.3 is 0 Å². The number of rotatable bonds is 6. The number of ether oxygens (including phenoxy) is 1. The molecular weight excluding hydrogens is 432 g/mol. The summed E-state index contributed by atoms with van der Waals surface area (Å²) in [6, 6.07) is 17.6. The minimum Gasteiger partial charge on any atom is -0.497 e. The van der Waals surface area contributed by atoms with Gasteiger partial charge in [0.1, 0.15) is 12.3 Å². The predicted octanol–water partition coefficient (Wildman–Crippen LogP) is 4.84. The van der Waals surface area contributed by atoms with E-state index >= 15 is 0 Å². The maximum absolute atomic E-state index is 13.7. The molecule has 2 amide bonds. The first-order valence-corrected chi connectivity index (χ1v) is 12.3. The first-order chi connectivity index (χ1) is 16.1. The van der Waals surface area contributed by atoms with Crippen LogP contribution in [0.25, 0.3) is 0 Å². The van der Waals surface area contributed by atoms with Gasteiger partial charge in [-0.25, -0.2) is 0 Å². The van der Waals surface area contributed by atoms with E-state index in [0.29, 0.717) is 17.9 Å². The Hall–Kier alpha value is -3.12. The smallest absolute Gasteiger partial charge is 0.254 e. The average molecular weight is 461 g/mol. The summed E-state index contributed by atoms with van der Waals surface area (Å²) in [5.74, 6) is 0.539. The molecule has 2 heterocycles. The third kappa shape index (κ3) is 4.27. The summed E-state index contributed by atoms with van der Waals surface area (Å²) in [6.45, 7) is 2.86. The van der Waals surface area contributed by atoms with Gasteiger partial charge in [0, 0.05) is 23.0 Å². The molecule has 1 unspecified atom stereocenters. The van der Waals surface area contributed by atoms with Gasteiger partial charge in [0.2, 0.25) is 5.91 Å². The number of aryl methyl sites for hydroxylation is 1. The lowest BCUT2D eigenvalue weighted by Gasteiger charge is -2.38. The Morgan fingerprint density at radius 1 is 1.09 bits per heavy atom. The first kappa shape index (κ1) is 21.7. The number of carbonyl (C=O) groups is 2. The van der Waals surface area contributed by atoms with Crippen LogP contribution in [0, 0.1) is 6.92 Å². The lowest BCUT2D eigenvalue weighted by molar-refractivity contribution is -0.134. The number of benzene rings is 2. The van der Waals surface area contributed by atoms with Gasteiger partial charge in [-0.1, -0.05) is 30.3 Å². The molecule has 0 N–H and O–H groups in total. The molecule has 170 valence electrons. The first-order valence-electron chi connectivity index (χ1n) is 11.4. The van der Waals surface area contributed by atoms with E-state index in [1.807, 2.05) is 29.2 Å². The van der Waals surface area contributed by atoms with Gasteiger partial charge < -0.3 is 14.5 Å². The minimum absolute atomic E-state index is 0.00301. The van der Waals surface area contributed by atoms with E-state index in [0.717, 1.165) is 24.8 Å². The molecule has 1 saturated carbocycles. The number of fused-ring (bicyclic) bond motifs is 1. The molecule has 6 heteroatoms. The Labute approximate surface area is 198 Å². The summed E-state index contributed by atoms with van der Waals surface area (Å²) in [4.78, 5) is 32.2. The van der Waals surface area contributed by atoms with Crippen molar-refractivity contribution in [2.45, 2.75) is 38.3 Å². The lowest BCUT2D eigenvalue weighted by Crippen LogP contribution is -2.47. The van der Waals surface area contributed by atoms with Gasteiger partial charge in [-0.15, -0.1) is 11.3 Å². The van der Waals surface area contributed by atoms with Crippen LogP contribution in [0.1, 0.15) is 50.8 Å². The zero-order valence-corrected chi connectivity index (χ0v) is 19.8. The van der Waals surface area contributed by atoms with Crippen molar-refractivity contribution < 1.29 is 14.3 Å². The third-order valence-corrected chi connectivity index (χ3v) is 7.64. The van der Waals surface area contributed by atoms with E-state index in [4.69, 9.17) is 4.74 Å². The second-order valence-electron chi connectivity index (χ2n) is 8.79. The van der Waals surface area contributed by atoms with Gasteiger partial charge in [0.05, 0.1) is 13.2 Å². The van der Waals surface area contributed by atoms with E-state index < -0.39 is 0 Å². The van der Waals surface area contributed by atoms with Crippen molar-refractivity contribution >= 4 is 23.2 Å². The number of methoxy groups -OCH3 is 1. The largest absolute Gasteiger partial charge is 0.497 e. The van der Waals surface area contributed by atoms with Crippen LogP contribution in [0.4, 0.5) is 0 Å². The summed E-state index contributed by atoms with van der Waals surface area (Å²) in [5, 5.41) is 2.12. The van der Waals surface area contributed by atoms with Gasteiger partial charge in [-0.3, -0.25) is 9.59 Å². The molecule has 1 aromatic heterocycles. The maximum atomic E-state index is 13.7. The van der Waals surface area contributed by atoms with Crippen LogP contribution in [0.3, 0.4) is 0 Å². The van der Waals surface area contributed by atoms with E-state index in [1.165, 1.54) is 16.0 Å². The SMILES string of the molecule is COc1cccc(C(=O)N(CC(=O)N2CCc3sccc3C2c2ccccc2C)C2CC2)c1. The number of hydrogen-bond acceptors (Lipinski definition) is 4. The Morgan fingerprint density at radius 2 is 1.91 bits per heavy atom. The standard InChI is InChI=1S/C27H28N2O3S/c1-18-6-3-4-9-22(18)26-23-13-15-33-24(23)12-14-28(26)25(30)17-29(20-10-11-20)27(31)19-7-5-8-21(16-19)32-2/h3-9,13,15-16,20,26H,10-12,14,17H2,1-2H3. The quantitative estimate of drug-likeness (QED) is 0.529. The number of carbonyl (C=O) groups excluding carboxylic acids is 2. The predicted molar refractivity (Wildman–Crippen MR) is 130 cm³/mol. The molecule has 0 radical (unpaired) electrons. The zero-order chi connectivity index (χ0) is 22.9. The number of thiophene rings is 1. The van der Waals surface area contributed by atoms with Crippen LogP contribution in [0.2, 0.25) is 0 Å². The van der Waals surface area contributed by atoms with Gasteiger partial charge in [0.15, 0.2) is 0 Å². The Morgan fingerprint density at radius 3 is 2.67 bits per heavy atom. The molecule has 0 bridgehead atoms. The van der Waals surface area contributed by atoms with Crippen LogP contribution in [-0.2, 0) is 11.2 Å². The van der Waals surface area contributed by atoms with Crippen LogP contribution in [-0.4, -0.2) is 47.9 Å². The fourth-order valence-corrected chi connectivity index (χ4v) is 5.63. The van der Waals surface area contributed by atoms with Crippen LogP contribution in [0.5, 0.6) is 5.75 Å². The highest BCUT2D eigenvalue weighted by Gasteiger charge is 2.38. The second-order valence-corrected chi connectivity index (χ2v) is 9.79. The fourth-order valence-electron chi connectivity index (χ4n) is 4.73. The topological polar surface area (TPSA) is 49.9 Å².